The van der Waals surface area contributed by atoms with Crippen LogP contribution in [0.3, 0.4) is 0 Å². The zero-order valence-electron chi connectivity index (χ0n) is 18.5. The average molecular weight is 426 g/mol. The lowest BCUT2D eigenvalue weighted by molar-refractivity contribution is -0.125. The van der Waals surface area contributed by atoms with Crippen molar-refractivity contribution in [3.05, 3.63) is 35.4 Å². The number of unbranched alkanes of at least 4 members (excludes halogenated alkanes) is 3. The Hall–Kier alpha value is -2.39. The molecule has 2 amide bonds. The summed E-state index contributed by atoms with van der Waals surface area (Å²) in [6.45, 7) is 1.80. The van der Waals surface area contributed by atoms with Crippen molar-refractivity contribution < 1.29 is 14.3 Å². The summed E-state index contributed by atoms with van der Waals surface area (Å²) in [6.07, 6.45) is 13.3. The van der Waals surface area contributed by atoms with Gasteiger partial charge in [-0.2, -0.15) is 5.26 Å². The number of hydrogen-bond acceptors (Lipinski definition) is 4. The lowest BCUT2D eigenvalue weighted by Crippen LogP contribution is -2.45. The topological polar surface area (TPSA) is 91.2 Å². The zero-order valence-corrected chi connectivity index (χ0v) is 18.5. The number of ether oxygens (including phenoxy) is 1. The van der Waals surface area contributed by atoms with Crippen LogP contribution in [0, 0.1) is 22.7 Å². The minimum absolute atomic E-state index is 0.362. The highest BCUT2D eigenvalue weighted by molar-refractivity contribution is 5.97. The number of benzene rings is 1. The van der Waals surface area contributed by atoms with Crippen molar-refractivity contribution in [1.82, 2.24) is 10.9 Å². The highest BCUT2D eigenvalue weighted by Gasteiger charge is 2.50. The molecule has 0 radical (unpaired) electrons. The van der Waals surface area contributed by atoms with Gasteiger partial charge in [0.1, 0.15) is 5.41 Å². The van der Waals surface area contributed by atoms with Gasteiger partial charge in [0.2, 0.25) is 0 Å². The lowest BCUT2D eigenvalue weighted by Gasteiger charge is -2.21. The Morgan fingerprint density at radius 2 is 1.84 bits per heavy atom. The van der Waals surface area contributed by atoms with Gasteiger partial charge >= 0.3 is 0 Å². The molecule has 168 valence electrons. The first-order chi connectivity index (χ1) is 15.1. The number of amides is 2. The van der Waals surface area contributed by atoms with E-state index < -0.39 is 11.3 Å². The molecule has 0 aromatic heterocycles. The number of hydrogen-bond donors (Lipinski definition) is 2. The van der Waals surface area contributed by atoms with Crippen LogP contribution in [0.5, 0.6) is 0 Å². The molecular formula is C25H35N3O3. The molecule has 6 heteroatoms. The minimum Gasteiger partial charge on any atom is -0.381 e. The Morgan fingerprint density at radius 1 is 1.06 bits per heavy atom. The molecule has 0 spiro atoms. The number of nitrogens with zero attached hydrogens (tertiary/aromatic N) is 1. The van der Waals surface area contributed by atoms with E-state index in [0.29, 0.717) is 18.4 Å². The van der Waals surface area contributed by atoms with Crippen LogP contribution in [0.25, 0.3) is 0 Å². The molecule has 2 N–H and O–H groups in total. The third kappa shape index (κ3) is 7.36. The molecule has 2 fully saturated rings. The van der Waals surface area contributed by atoms with Crippen LogP contribution in [0.15, 0.2) is 24.3 Å². The van der Waals surface area contributed by atoms with Crippen molar-refractivity contribution in [3.63, 3.8) is 0 Å². The SMILES string of the molecule is N#CC1(C(=O)NNC(=O)c2cccc(CCCCCCOCC3CCCCC3)c2)CC1. The molecule has 1 aromatic carbocycles. The summed E-state index contributed by atoms with van der Waals surface area (Å²) in [5.74, 6) is -0.00556. The Morgan fingerprint density at radius 3 is 2.58 bits per heavy atom. The van der Waals surface area contributed by atoms with Gasteiger partial charge in [-0.15, -0.1) is 0 Å². The smallest absolute Gasteiger partial charge is 0.269 e. The highest BCUT2D eigenvalue weighted by Crippen LogP contribution is 2.44. The van der Waals surface area contributed by atoms with E-state index in [-0.39, 0.29) is 5.91 Å². The van der Waals surface area contributed by atoms with Gasteiger partial charge in [-0.3, -0.25) is 20.4 Å². The zero-order chi connectivity index (χ0) is 21.9. The standard InChI is InChI=1S/C25H35N3O3/c26-19-25(14-15-25)24(30)28-27-23(29)22-13-8-12-20(17-22)9-4-1-2-7-16-31-18-21-10-5-3-6-11-21/h8,12-13,17,21H,1-7,9-11,14-16,18H2,(H,27,29)(H,28,30). The van der Waals surface area contributed by atoms with Gasteiger partial charge in [0, 0.05) is 18.8 Å². The Labute approximate surface area is 185 Å². The van der Waals surface area contributed by atoms with E-state index in [1.165, 1.54) is 32.1 Å². The second kappa shape index (κ2) is 11.9. The molecule has 2 aliphatic rings. The van der Waals surface area contributed by atoms with Crippen molar-refractivity contribution in [3.8, 4) is 6.07 Å². The molecule has 0 unspecified atom stereocenters. The molecule has 1 aromatic rings. The molecule has 31 heavy (non-hydrogen) atoms. The summed E-state index contributed by atoms with van der Waals surface area (Å²) >= 11 is 0. The molecule has 3 rings (SSSR count). The van der Waals surface area contributed by atoms with Crippen LogP contribution < -0.4 is 10.9 Å². The normalized spacial score (nSPS) is 17.5. The van der Waals surface area contributed by atoms with Gasteiger partial charge in [-0.1, -0.05) is 44.2 Å². The predicted octanol–water partition coefficient (Wildman–Crippen LogP) is 4.45. The van der Waals surface area contributed by atoms with E-state index in [1.807, 2.05) is 24.3 Å². The summed E-state index contributed by atoms with van der Waals surface area (Å²) in [7, 11) is 0. The highest BCUT2D eigenvalue weighted by atomic mass is 16.5. The third-order valence-electron chi connectivity index (χ3n) is 6.46. The number of nitriles is 1. The fraction of sp³-hybridized carbons (Fsp3) is 0.640. The average Bonchev–Trinajstić information content (AvgIpc) is 3.61. The Kier molecular flexibility index (Phi) is 8.90. The number of aryl methyl sites for hydroxylation is 1. The fourth-order valence-electron chi connectivity index (χ4n) is 4.18. The van der Waals surface area contributed by atoms with Crippen LogP contribution in [0.4, 0.5) is 0 Å². The van der Waals surface area contributed by atoms with Crippen LogP contribution in [-0.4, -0.2) is 25.0 Å². The second-order valence-electron chi connectivity index (χ2n) is 9.05. The van der Waals surface area contributed by atoms with Gasteiger partial charge in [0.25, 0.3) is 11.8 Å². The van der Waals surface area contributed by atoms with Gasteiger partial charge in [0.15, 0.2) is 0 Å². The molecule has 6 nitrogen and oxygen atoms in total. The van der Waals surface area contributed by atoms with Crippen LogP contribution in [0.1, 0.15) is 86.6 Å². The van der Waals surface area contributed by atoms with Gasteiger partial charge in [-0.05, 0) is 68.6 Å². The number of rotatable bonds is 11. The third-order valence-corrected chi connectivity index (χ3v) is 6.46. The fourth-order valence-corrected chi connectivity index (χ4v) is 4.18. The first kappa shape index (κ1) is 23.3. The quantitative estimate of drug-likeness (QED) is 0.405. The molecule has 0 heterocycles. The maximum absolute atomic E-state index is 12.3. The van der Waals surface area contributed by atoms with E-state index in [4.69, 9.17) is 10.00 Å². The summed E-state index contributed by atoms with van der Waals surface area (Å²) < 4.78 is 5.86. The Bertz CT molecular complexity index is 776. The maximum Gasteiger partial charge on any atom is 0.269 e. The number of nitrogens with one attached hydrogen (secondary N) is 2. The van der Waals surface area contributed by atoms with Crippen LogP contribution in [0.2, 0.25) is 0 Å². The number of carbonyl (C=O) groups excluding carboxylic acids is 2. The maximum atomic E-state index is 12.3. The molecule has 0 bridgehead atoms. The lowest BCUT2D eigenvalue weighted by atomic mass is 9.90. The second-order valence-corrected chi connectivity index (χ2v) is 9.05. The van der Waals surface area contributed by atoms with Crippen molar-refractivity contribution in [1.29, 1.82) is 5.26 Å². The van der Waals surface area contributed by atoms with Gasteiger partial charge in [-0.25, -0.2) is 0 Å². The predicted molar refractivity (Wildman–Crippen MR) is 119 cm³/mol. The van der Waals surface area contributed by atoms with E-state index in [1.54, 1.807) is 6.07 Å². The Balaban J connectivity index is 1.27. The molecule has 2 saturated carbocycles. The molecule has 0 atom stereocenters. The summed E-state index contributed by atoms with van der Waals surface area (Å²) in [4.78, 5) is 24.3. The summed E-state index contributed by atoms with van der Waals surface area (Å²) in [5.41, 5.74) is 5.48. The van der Waals surface area contributed by atoms with Crippen molar-refractivity contribution >= 4 is 11.8 Å². The minimum atomic E-state index is -0.948. The first-order valence-corrected chi connectivity index (χ1v) is 11.8. The van der Waals surface area contributed by atoms with E-state index in [2.05, 4.69) is 10.9 Å². The number of carbonyl (C=O) groups is 2. The van der Waals surface area contributed by atoms with E-state index in [9.17, 15) is 9.59 Å². The molecular weight excluding hydrogens is 390 g/mol. The van der Waals surface area contributed by atoms with E-state index in [0.717, 1.165) is 56.8 Å². The number of hydrazine groups is 1. The summed E-state index contributed by atoms with van der Waals surface area (Å²) in [5, 5.41) is 9.03. The molecule has 0 saturated heterocycles. The molecule has 2 aliphatic carbocycles. The monoisotopic (exact) mass is 425 g/mol. The first-order valence-electron chi connectivity index (χ1n) is 11.8. The molecule has 0 aliphatic heterocycles. The van der Waals surface area contributed by atoms with Crippen molar-refractivity contribution in [2.24, 2.45) is 11.3 Å². The van der Waals surface area contributed by atoms with Crippen LogP contribution in [-0.2, 0) is 16.0 Å². The van der Waals surface area contributed by atoms with E-state index >= 15 is 0 Å². The summed E-state index contributed by atoms with van der Waals surface area (Å²) in [6, 6.07) is 9.50. The largest absolute Gasteiger partial charge is 0.381 e. The van der Waals surface area contributed by atoms with Crippen LogP contribution >= 0.6 is 0 Å². The van der Waals surface area contributed by atoms with Gasteiger partial charge < -0.3 is 4.74 Å². The van der Waals surface area contributed by atoms with Gasteiger partial charge in [0.05, 0.1) is 6.07 Å². The van der Waals surface area contributed by atoms with Crippen molar-refractivity contribution in [2.75, 3.05) is 13.2 Å². The van der Waals surface area contributed by atoms with Crippen molar-refractivity contribution in [2.45, 2.75) is 77.0 Å².